The molecule has 0 bridgehead atoms. The molecule has 2 heterocycles. The molecule has 0 unspecified atom stereocenters. The number of aryl methyl sites for hydroxylation is 2. The maximum absolute atomic E-state index is 11.2. The Morgan fingerprint density at radius 2 is 1.91 bits per heavy atom. The van der Waals surface area contributed by atoms with Gasteiger partial charge in [0, 0.05) is 5.75 Å². The molecule has 0 spiro atoms. The third-order valence-corrected chi connectivity index (χ3v) is 5.48. The average Bonchev–Trinajstić information content (AvgIpc) is 3.13. The predicted molar refractivity (Wildman–Crippen MR) is 91.0 cm³/mol. The van der Waals surface area contributed by atoms with Gasteiger partial charge in [-0.05, 0) is 36.6 Å². The molecule has 2 aromatic carbocycles. The second-order valence-corrected chi connectivity index (χ2v) is 6.92. The molecular formula is C18H17N3OS. The Hall–Kier alpha value is -2.11. The normalized spacial score (nSPS) is 19.8. The minimum Gasteiger partial charge on any atom is -0.378 e. The summed E-state index contributed by atoms with van der Waals surface area (Å²) in [5.41, 5.74) is 3.77. The quantitative estimate of drug-likeness (QED) is 0.787. The number of hydrogen-bond acceptors (Lipinski definition) is 4. The van der Waals surface area contributed by atoms with Crippen LogP contribution in [0.15, 0.2) is 53.6 Å². The van der Waals surface area contributed by atoms with E-state index in [1.807, 2.05) is 35.0 Å². The lowest BCUT2D eigenvalue weighted by Gasteiger charge is -2.20. The summed E-state index contributed by atoms with van der Waals surface area (Å²) < 4.78 is 1.85. The first-order valence-electron chi connectivity index (χ1n) is 7.54. The Morgan fingerprint density at radius 1 is 1.13 bits per heavy atom. The molecule has 1 aliphatic rings. The van der Waals surface area contributed by atoms with E-state index in [-0.39, 0.29) is 0 Å². The molecule has 116 valence electrons. The van der Waals surface area contributed by atoms with Gasteiger partial charge in [-0.15, -0.1) is 16.9 Å². The van der Waals surface area contributed by atoms with E-state index in [1.54, 1.807) is 11.8 Å². The molecule has 1 aromatic heterocycles. The number of rotatable bonds is 2. The fourth-order valence-electron chi connectivity index (χ4n) is 2.94. The standard InChI is InChI=1S/C18H17N3OS/c1-12-8-9-13(2)15(10-12)21-17-16(19-20-21)18(22,11-23-17)14-6-4-3-5-7-14/h3-10,22H,11H2,1-2H3/t18-/m1/s1. The van der Waals surface area contributed by atoms with Crippen LogP contribution < -0.4 is 0 Å². The van der Waals surface area contributed by atoms with Gasteiger partial charge in [0.05, 0.1) is 5.69 Å². The summed E-state index contributed by atoms with van der Waals surface area (Å²) in [6, 6.07) is 16.0. The van der Waals surface area contributed by atoms with E-state index in [0.717, 1.165) is 21.8 Å². The maximum Gasteiger partial charge on any atom is 0.145 e. The highest BCUT2D eigenvalue weighted by atomic mass is 32.2. The van der Waals surface area contributed by atoms with Crippen LogP contribution in [0.2, 0.25) is 0 Å². The van der Waals surface area contributed by atoms with Gasteiger partial charge in [-0.1, -0.05) is 47.7 Å². The molecular weight excluding hydrogens is 306 g/mol. The molecule has 0 amide bonds. The van der Waals surface area contributed by atoms with E-state index >= 15 is 0 Å². The highest BCUT2D eigenvalue weighted by Gasteiger charge is 2.44. The number of hydrogen-bond donors (Lipinski definition) is 1. The average molecular weight is 323 g/mol. The summed E-state index contributed by atoms with van der Waals surface area (Å²) in [6.07, 6.45) is 0. The van der Waals surface area contributed by atoms with Crippen LogP contribution in [0.1, 0.15) is 22.4 Å². The van der Waals surface area contributed by atoms with Crippen LogP contribution in [-0.2, 0) is 5.60 Å². The SMILES string of the molecule is Cc1ccc(C)c(-n2nnc3c2SC[C@@]3(O)c2ccccc2)c1. The van der Waals surface area contributed by atoms with E-state index < -0.39 is 5.60 Å². The number of thioether (sulfide) groups is 1. The number of benzene rings is 2. The fourth-order valence-corrected chi connectivity index (χ4v) is 4.20. The number of fused-ring (bicyclic) bond motifs is 1. The van der Waals surface area contributed by atoms with E-state index in [1.165, 1.54) is 5.56 Å². The van der Waals surface area contributed by atoms with E-state index in [4.69, 9.17) is 0 Å². The lowest BCUT2D eigenvalue weighted by molar-refractivity contribution is 0.104. The highest BCUT2D eigenvalue weighted by Crippen LogP contribution is 2.45. The zero-order valence-electron chi connectivity index (χ0n) is 13.0. The van der Waals surface area contributed by atoms with Crippen molar-refractivity contribution in [3.05, 3.63) is 70.9 Å². The van der Waals surface area contributed by atoms with Crippen LogP contribution in [0.4, 0.5) is 0 Å². The topological polar surface area (TPSA) is 50.9 Å². The first kappa shape index (κ1) is 14.5. The van der Waals surface area contributed by atoms with Crippen molar-refractivity contribution in [1.29, 1.82) is 0 Å². The summed E-state index contributed by atoms with van der Waals surface area (Å²) in [6.45, 7) is 4.12. The first-order valence-corrected chi connectivity index (χ1v) is 8.53. The van der Waals surface area contributed by atoms with Crippen molar-refractivity contribution in [2.24, 2.45) is 0 Å². The summed E-state index contributed by atoms with van der Waals surface area (Å²) >= 11 is 1.60. The van der Waals surface area contributed by atoms with Gasteiger partial charge in [-0.2, -0.15) is 0 Å². The Morgan fingerprint density at radius 3 is 2.70 bits per heavy atom. The Balaban J connectivity index is 1.85. The van der Waals surface area contributed by atoms with Crippen LogP contribution in [-0.4, -0.2) is 25.9 Å². The van der Waals surface area contributed by atoms with Crippen molar-refractivity contribution in [3.63, 3.8) is 0 Å². The third kappa shape index (κ3) is 2.19. The van der Waals surface area contributed by atoms with Crippen molar-refractivity contribution in [3.8, 4) is 5.69 Å². The van der Waals surface area contributed by atoms with Crippen LogP contribution in [0.3, 0.4) is 0 Å². The summed E-state index contributed by atoms with van der Waals surface area (Å²) in [4.78, 5) is 0. The lowest BCUT2D eigenvalue weighted by Crippen LogP contribution is -2.27. The maximum atomic E-state index is 11.2. The molecule has 0 fully saturated rings. The molecule has 0 aliphatic carbocycles. The Labute approximate surface area is 139 Å². The minimum atomic E-state index is -1.07. The van der Waals surface area contributed by atoms with Crippen LogP contribution in [0.25, 0.3) is 5.69 Å². The third-order valence-electron chi connectivity index (χ3n) is 4.28. The molecule has 3 aromatic rings. The molecule has 1 N–H and O–H groups in total. The van der Waals surface area contributed by atoms with Gasteiger partial charge in [0.25, 0.3) is 0 Å². The van der Waals surface area contributed by atoms with Crippen molar-refractivity contribution in [2.45, 2.75) is 24.5 Å². The van der Waals surface area contributed by atoms with Gasteiger partial charge in [-0.25, -0.2) is 4.68 Å². The van der Waals surface area contributed by atoms with Crippen molar-refractivity contribution < 1.29 is 5.11 Å². The Bertz CT molecular complexity index is 875. The van der Waals surface area contributed by atoms with Crippen LogP contribution in [0, 0.1) is 13.8 Å². The van der Waals surface area contributed by atoms with Crippen molar-refractivity contribution in [1.82, 2.24) is 15.0 Å². The van der Waals surface area contributed by atoms with E-state index in [9.17, 15) is 5.11 Å². The largest absolute Gasteiger partial charge is 0.378 e. The van der Waals surface area contributed by atoms with E-state index in [0.29, 0.717) is 11.4 Å². The van der Waals surface area contributed by atoms with E-state index in [2.05, 4.69) is 42.4 Å². The number of aromatic nitrogens is 3. The molecule has 0 radical (unpaired) electrons. The molecule has 0 saturated carbocycles. The number of nitrogens with zero attached hydrogens (tertiary/aromatic N) is 3. The van der Waals surface area contributed by atoms with Gasteiger partial charge in [0.2, 0.25) is 0 Å². The summed E-state index contributed by atoms with van der Waals surface area (Å²) in [7, 11) is 0. The van der Waals surface area contributed by atoms with Gasteiger partial charge < -0.3 is 5.11 Å². The van der Waals surface area contributed by atoms with Gasteiger partial charge in [0.1, 0.15) is 16.3 Å². The summed E-state index contributed by atoms with van der Waals surface area (Å²) in [5, 5.41) is 20.7. The highest BCUT2D eigenvalue weighted by molar-refractivity contribution is 7.99. The van der Waals surface area contributed by atoms with Gasteiger partial charge in [-0.3, -0.25) is 0 Å². The van der Waals surface area contributed by atoms with Gasteiger partial charge in [0.15, 0.2) is 0 Å². The molecule has 4 rings (SSSR count). The first-order chi connectivity index (χ1) is 11.1. The van der Waals surface area contributed by atoms with Crippen LogP contribution >= 0.6 is 11.8 Å². The number of aliphatic hydroxyl groups is 1. The predicted octanol–water partition coefficient (Wildman–Crippen LogP) is 3.23. The second kappa shape index (κ2) is 5.22. The monoisotopic (exact) mass is 323 g/mol. The molecule has 4 nitrogen and oxygen atoms in total. The molecule has 0 saturated heterocycles. The van der Waals surface area contributed by atoms with Crippen molar-refractivity contribution >= 4 is 11.8 Å². The van der Waals surface area contributed by atoms with Crippen molar-refractivity contribution in [2.75, 3.05) is 5.75 Å². The molecule has 1 aliphatic heterocycles. The second-order valence-electron chi connectivity index (χ2n) is 5.96. The zero-order chi connectivity index (χ0) is 16.0. The molecule has 5 heteroatoms. The van der Waals surface area contributed by atoms with Crippen LogP contribution in [0.5, 0.6) is 0 Å². The smallest absolute Gasteiger partial charge is 0.145 e. The molecule has 1 atom stereocenters. The lowest BCUT2D eigenvalue weighted by atomic mass is 9.93. The Kier molecular flexibility index (Phi) is 3.28. The minimum absolute atomic E-state index is 0.558. The zero-order valence-corrected chi connectivity index (χ0v) is 13.8. The van der Waals surface area contributed by atoms with Gasteiger partial charge >= 0.3 is 0 Å². The fraction of sp³-hybridized carbons (Fsp3) is 0.222. The summed E-state index contributed by atoms with van der Waals surface area (Å²) in [5.74, 6) is 0.558. The molecule has 23 heavy (non-hydrogen) atoms.